The molecular formula is C25H18N4O2S2. The van der Waals surface area contributed by atoms with E-state index in [0.717, 1.165) is 28.5 Å². The highest BCUT2D eigenvalue weighted by Gasteiger charge is 2.41. The molecule has 0 bridgehead atoms. The summed E-state index contributed by atoms with van der Waals surface area (Å²) in [5, 5.41) is 7.25. The van der Waals surface area contributed by atoms with Crippen molar-refractivity contribution in [3.63, 3.8) is 0 Å². The van der Waals surface area contributed by atoms with Crippen LogP contribution in [0.15, 0.2) is 101 Å². The zero-order valence-corrected chi connectivity index (χ0v) is 18.9. The van der Waals surface area contributed by atoms with E-state index >= 15 is 0 Å². The summed E-state index contributed by atoms with van der Waals surface area (Å²) < 4.78 is 1.83. The topological polar surface area (TPSA) is 79.8 Å². The number of carbonyl (C=O) groups excluding carboxylic acids is 1. The van der Waals surface area contributed by atoms with Crippen molar-refractivity contribution >= 4 is 40.3 Å². The van der Waals surface area contributed by atoms with Gasteiger partial charge in [-0.15, -0.1) is 5.10 Å². The Balaban J connectivity index is 1.80. The van der Waals surface area contributed by atoms with Gasteiger partial charge in [0.1, 0.15) is 9.86 Å². The maximum Gasteiger partial charge on any atom is 0.345 e. The minimum atomic E-state index is -1.03. The first-order valence-corrected chi connectivity index (χ1v) is 11.4. The Bertz CT molecular complexity index is 1310. The van der Waals surface area contributed by atoms with E-state index in [1.165, 1.54) is 4.68 Å². The summed E-state index contributed by atoms with van der Waals surface area (Å²) >= 11 is 6.20. The average molecular weight is 471 g/mol. The number of aromatic nitrogens is 3. The normalized spacial score (nSPS) is 15.1. The summed E-state index contributed by atoms with van der Waals surface area (Å²) in [6, 6.07) is 29.4. The molecule has 1 aliphatic rings. The smallest absolute Gasteiger partial charge is 0.307 e. The summed E-state index contributed by atoms with van der Waals surface area (Å²) in [7, 11) is 0. The number of nitrogens with zero attached hydrogens (tertiary/aromatic N) is 2. The van der Waals surface area contributed by atoms with E-state index in [4.69, 9.17) is 12.2 Å². The van der Waals surface area contributed by atoms with Crippen LogP contribution in [-0.2, 0) is 10.3 Å². The molecule has 0 saturated carbocycles. The zero-order chi connectivity index (χ0) is 22.8. The number of thioether (sulfide) groups is 1. The van der Waals surface area contributed by atoms with E-state index in [2.05, 4.69) is 15.4 Å². The molecule has 0 spiro atoms. The van der Waals surface area contributed by atoms with E-state index in [1.807, 2.05) is 91.0 Å². The van der Waals surface area contributed by atoms with Crippen LogP contribution in [0.5, 0.6) is 0 Å². The number of carbonyl (C=O) groups is 1. The Morgan fingerprint density at radius 1 is 0.818 bits per heavy atom. The van der Waals surface area contributed by atoms with Crippen LogP contribution in [0.2, 0.25) is 0 Å². The van der Waals surface area contributed by atoms with Crippen LogP contribution in [0.25, 0.3) is 6.08 Å². The van der Waals surface area contributed by atoms with Crippen molar-refractivity contribution in [1.82, 2.24) is 20.1 Å². The van der Waals surface area contributed by atoms with Crippen LogP contribution in [0, 0.1) is 0 Å². The second-order valence-electron chi connectivity index (χ2n) is 7.39. The van der Waals surface area contributed by atoms with Crippen molar-refractivity contribution in [2.24, 2.45) is 0 Å². The molecule has 162 valence electrons. The van der Waals surface area contributed by atoms with Crippen LogP contribution in [0.3, 0.4) is 0 Å². The lowest BCUT2D eigenvalue weighted by Gasteiger charge is -2.35. The lowest BCUT2D eigenvalue weighted by Crippen LogP contribution is -2.44. The Morgan fingerprint density at radius 3 is 1.73 bits per heavy atom. The first kappa shape index (κ1) is 21.1. The molecule has 8 heteroatoms. The number of H-pyrrole nitrogens is 1. The molecule has 1 amide bonds. The fourth-order valence-corrected chi connectivity index (χ4v) is 5.10. The first-order chi connectivity index (χ1) is 16.1. The summed E-state index contributed by atoms with van der Waals surface area (Å²) in [5.41, 5.74) is 1.21. The molecule has 2 N–H and O–H groups in total. The Labute approximate surface area is 199 Å². The number of nitrogens with one attached hydrogen (secondary N) is 2. The molecule has 2 heterocycles. The average Bonchev–Trinajstić information content (AvgIpc) is 3.37. The van der Waals surface area contributed by atoms with Gasteiger partial charge in [-0.25, -0.2) is 4.79 Å². The van der Waals surface area contributed by atoms with Gasteiger partial charge in [0, 0.05) is 6.08 Å². The minimum absolute atomic E-state index is 0.273. The number of aromatic amines is 1. The van der Waals surface area contributed by atoms with Gasteiger partial charge in [-0.3, -0.25) is 9.78 Å². The largest absolute Gasteiger partial charge is 0.345 e. The van der Waals surface area contributed by atoms with Gasteiger partial charge in [-0.1, -0.05) is 115 Å². The molecule has 0 atom stereocenters. The summed E-state index contributed by atoms with van der Waals surface area (Å²) in [4.78, 5) is 28.7. The van der Waals surface area contributed by atoms with Crippen molar-refractivity contribution in [2.75, 3.05) is 0 Å². The molecule has 3 aromatic carbocycles. The van der Waals surface area contributed by atoms with Gasteiger partial charge < -0.3 is 5.32 Å². The molecule has 1 aromatic heterocycles. The maximum atomic E-state index is 13.4. The van der Waals surface area contributed by atoms with Crippen LogP contribution in [0.1, 0.15) is 22.5 Å². The van der Waals surface area contributed by atoms with Crippen molar-refractivity contribution in [3.8, 4) is 0 Å². The Kier molecular flexibility index (Phi) is 5.53. The van der Waals surface area contributed by atoms with Gasteiger partial charge in [0.25, 0.3) is 5.91 Å². The minimum Gasteiger partial charge on any atom is -0.307 e. The van der Waals surface area contributed by atoms with Crippen molar-refractivity contribution in [1.29, 1.82) is 0 Å². The van der Waals surface area contributed by atoms with Crippen molar-refractivity contribution in [2.45, 2.75) is 5.54 Å². The van der Waals surface area contributed by atoms with E-state index < -0.39 is 11.2 Å². The van der Waals surface area contributed by atoms with Crippen LogP contribution >= 0.6 is 24.0 Å². The molecule has 0 unspecified atom stereocenters. The zero-order valence-electron chi connectivity index (χ0n) is 17.3. The SMILES string of the molecule is O=C1NC(=S)S/C1=C\c1nn(C(c2ccccc2)(c2ccccc2)c2ccccc2)c(=O)[nH]1. The van der Waals surface area contributed by atoms with Gasteiger partial charge in [-0.05, 0) is 16.7 Å². The van der Waals surface area contributed by atoms with Gasteiger partial charge in [0.15, 0.2) is 5.82 Å². The number of benzene rings is 3. The van der Waals surface area contributed by atoms with E-state index in [0.29, 0.717) is 9.23 Å². The number of thiocarbonyl (C=S) groups is 1. The number of hydrogen-bond acceptors (Lipinski definition) is 5. The van der Waals surface area contributed by atoms with Gasteiger partial charge >= 0.3 is 5.69 Å². The molecule has 1 fully saturated rings. The summed E-state index contributed by atoms with van der Waals surface area (Å²) in [5.74, 6) is -0.0321. The standard InChI is InChI=1S/C25H18N4O2S2/c30-22-20(33-24(32)27-22)16-21-26-23(31)29(28-21)25(17-10-4-1-5-11-17,18-12-6-2-7-13-18)19-14-8-3-9-15-19/h1-16H,(H,26,28,31)(H,27,30,32)/b20-16-. The highest BCUT2D eigenvalue weighted by atomic mass is 32.2. The maximum absolute atomic E-state index is 13.4. The Morgan fingerprint density at radius 2 is 1.30 bits per heavy atom. The van der Waals surface area contributed by atoms with Crippen LogP contribution < -0.4 is 11.0 Å². The highest BCUT2D eigenvalue weighted by molar-refractivity contribution is 8.26. The van der Waals surface area contributed by atoms with E-state index in [9.17, 15) is 9.59 Å². The lowest BCUT2D eigenvalue weighted by atomic mass is 9.77. The quantitative estimate of drug-likeness (QED) is 0.263. The summed E-state index contributed by atoms with van der Waals surface area (Å²) in [6.07, 6.45) is 1.54. The van der Waals surface area contributed by atoms with Crippen molar-refractivity contribution < 1.29 is 4.79 Å². The molecule has 0 aliphatic carbocycles. The third kappa shape index (κ3) is 3.73. The predicted molar refractivity (Wildman–Crippen MR) is 134 cm³/mol. The Hall–Kier alpha value is -3.75. The molecule has 1 aliphatic heterocycles. The second kappa shape index (κ2) is 8.65. The first-order valence-electron chi connectivity index (χ1n) is 10.2. The van der Waals surface area contributed by atoms with Crippen molar-refractivity contribution in [3.05, 3.63) is 129 Å². The molecule has 4 aromatic rings. The lowest BCUT2D eigenvalue weighted by molar-refractivity contribution is -0.115. The summed E-state index contributed by atoms with van der Waals surface area (Å²) in [6.45, 7) is 0. The third-order valence-corrected chi connectivity index (χ3v) is 6.60. The third-order valence-electron chi connectivity index (χ3n) is 5.44. The van der Waals surface area contributed by atoms with E-state index in [-0.39, 0.29) is 11.7 Å². The number of amides is 1. The fraction of sp³-hybridized carbons (Fsp3) is 0.0400. The van der Waals surface area contributed by atoms with Gasteiger partial charge in [0.05, 0.1) is 4.91 Å². The van der Waals surface area contributed by atoms with Crippen LogP contribution in [0.4, 0.5) is 0 Å². The monoisotopic (exact) mass is 470 g/mol. The number of hydrogen-bond donors (Lipinski definition) is 2. The molecule has 33 heavy (non-hydrogen) atoms. The van der Waals surface area contributed by atoms with Gasteiger partial charge in [0.2, 0.25) is 0 Å². The van der Waals surface area contributed by atoms with Gasteiger partial charge in [-0.2, -0.15) is 4.68 Å². The predicted octanol–water partition coefficient (Wildman–Crippen LogP) is 3.90. The molecule has 1 saturated heterocycles. The second-order valence-corrected chi connectivity index (χ2v) is 9.11. The molecule has 6 nitrogen and oxygen atoms in total. The van der Waals surface area contributed by atoms with E-state index in [1.54, 1.807) is 6.08 Å². The highest BCUT2D eigenvalue weighted by Crippen LogP contribution is 2.39. The van der Waals surface area contributed by atoms with Crippen LogP contribution in [-0.4, -0.2) is 25.0 Å². The molecule has 0 radical (unpaired) electrons. The molecular weight excluding hydrogens is 452 g/mol. The molecule has 5 rings (SSSR count). The fourth-order valence-electron chi connectivity index (χ4n) is 4.08. The number of rotatable bonds is 5.